The number of aryl methyl sites for hydroxylation is 1. The molecule has 0 aromatic heterocycles. The zero-order valence-corrected chi connectivity index (χ0v) is 8.69. The predicted molar refractivity (Wildman–Crippen MR) is 55.7 cm³/mol. The van der Waals surface area contributed by atoms with Crippen LogP contribution in [0.4, 0.5) is 0 Å². The third-order valence-electron chi connectivity index (χ3n) is 3.12. The van der Waals surface area contributed by atoms with Crippen molar-refractivity contribution in [1.29, 1.82) is 0 Å². The quantitative estimate of drug-likeness (QED) is 0.804. The maximum atomic E-state index is 11.3. The van der Waals surface area contributed by atoms with Crippen molar-refractivity contribution in [2.75, 3.05) is 7.11 Å². The lowest BCUT2D eigenvalue weighted by atomic mass is 9.79. The summed E-state index contributed by atoms with van der Waals surface area (Å²) in [4.78, 5) is 11.3. The van der Waals surface area contributed by atoms with Crippen LogP contribution in [0.2, 0.25) is 0 Å². The molecule has 0 spiro atoms. The number of carbonyl (C=O) groups is 1. The number of carboxylic acid groups (broad SMARTS) is 1. The van der Waals surface area contributed by atoms with Gasteiger partial charge in [-0.2, -0.15) is 0 Å². The Balaban J connectivity index is 2.57. The molecule has 0 aliphatic heterocycles. The first-order valence-electron chi connectivity index (χ1n) is 5.07. The van der Waals surface area contributed by atoms with Crippen molar-refractivity contribution in [1.82, 2.24) is 0 Å². The fraction of sp³-hybridized carbons (Fsp3) is 0.417. The van der Waals surface area contributed by atoms with Crippen molar-refractivity contribution < 1.29 is 14.6 Å². The van der Waals surface area contributed by atoms with Crippen molar-refractivity contribution >= 4 is 5.97 Å². The van der Waals surface area contributed by atoms with Crippen LogP contribution in [0.3, 0.4) is 0 Å². The number of fused-ring (bicyclic) bond motifs is 1. The molecule has 1 N–H and O–H groups in total. The van der Waals surface area contributed by atoms with Gasteiger partial charge in [-0.05, 0) is 30.4 Å². The summed E-state index contributed by atoms with van der Waals surface area (Å²) in [5.41, 5.74) is 0.772. The molecular weight excluding hydrogens is 192 g/mol. The van der Waals surface area contributed by atoms with Crippen molar-refractivity contribution in [3.63, 3.8) is 0 Å². The summed E-state index contributed by atoms with van der Waals surface area (Å²) < 4.78 is 5.27. The Morgan fingerprint density at radius 1 is 1.47 bits per heavy atom. The molecule has 1 unspecified atom stereocenters. The fourth-order valence-corrected chi connectivity index (χ4v) is 2.32. The molecule has 3 heteroatoms. The highest BCUT2D eigenvalue weighted by atomic mass is 16.5. The SMILES string of the molecule is COC1(C(=O)O)CCCc2ccccc21. The standard InChI is InChI=1S/C12H14O3/c1-15-12(11(13)14)8-4-6-9-5-2-3-7-10(9)12/h2-3,5,7H,4,6,8H2,1H3,(H,13,14). The molecule has 0 saturated heterocycles. The first kappa shape index (κ1) is 10.2. The summed E-state index contributed by atoms with van der Waals surface area (Å²) in [6.07, 6.45) is 2.35. The number of rotatable bonds is 2. The topological polar surface area (TPSA) is 46.5 Å². The highest BCUT2D eigenvalue weighted by molar-refractivity contribution is 5.80. The molecule has 1 aliphatic rings. The zero-order chi connectivity index (χ0) is 10.9. The number of benzene rings is 1. The zero-order valence-electron chi connectivity index (χ0n) is 8.69. The monoisotopic (exact) mass is 206 g/mol. The highest BCUT2D eigenvalue weighted by Gasteiger charge is 2.43. The van der Waals surface area contributed by atoms with Crippen LogP contribution < -0.4 is 0 Å². The summed E-state index contributed by atoms with van der Waals surface area (Å²) in [6, 6.07) is 7.63. The van der Waals surface area contributed by atoms with Crippen LogP contribution in [-0.2, 0) is 21.6 Å². The molecule has 3 nitrogen and oxygen atoms in total. The summed E-state index contributed by atoms with van der Waals surface area (Å²) >= 11 is 0. The molecule has 1 aromatic rings. The lowest BCUT2D eigenvalue weighted by Crippen LogP contribution is -2.40. The second-order valence-electron chi connectivity index (χ2n) is 3.85. The van der Waals surface area contributed by atoms with E-state index in [-0.39, 0.29) is 0 Å². The molecule has 0 radical (unpaired) electrons. The van der Waals surface area contributed by atoms with Crippen molar-refractivity contribution in [2.45, 2.75) is 24.9 Å². The van der Waals surface area contributed by atoms with Gasteiger partial charge in [-0.3, -0.25) is 0 Å². The molecule has 0 saturated carbocycles. The number of aliphatic carboxylic acids is 1. The van der Waals surface area contributed by atoms with Gasteiger partial charge in [-0.25, -0.2) is 4.79 Å². The number of methoxy groups -OCH3 is 1. The van der Waals surface area contributed by atoms with E-state index < -0.39 is 11.6 Å². The van der Waals surface area contributed by atoms with E-state index in [0.717, 1.165) is 24.0 Å². The first-order chi connectivity index (χ1) is 7.20. The molecular formula is C12H14O3. The van der Waals surface area contributed by atoms with Gasteiger partial charge in [0.15, 0.2) is 5.60 Å². The molecule has 0 bridgehead atoms. The smallest absolute Gasteiger partial charge is 0.340 e. The highest BCUT2D eigenvalue weighted by Crippen LogP contribution is 2.38. The van der Waals surface area contributed by atoms with Gasteiger partial charge in [0.2, 0.25) is 0 Å². The number of hydrogen-bond acceptors (Lipinski definition) is 2. The second-order valence-corrected chi connectivity index (χ2v) is 3.85. The van der Waals surface area contributed by atoms with E-state index in [1.54, 1.807) is 0 Å². The summed E-state index contributed by atoms with van der Waals surface area (Å²) in [6.45, 7) is 0. The Kier molecular flexibility index (Phi) is 2.49. The molecule has 0 fully saturated rings. The van der Waals surface area contributed by atoms with Crippen molar-refractivity contribution in [3.05, 3.63) is 35.4 Å². The largest absolute Gasteiger partial charge is 0.479 e. The average Bonchev–Trinajstić information content (AvgIpc) is 2.28. The van der Waals surface area contributed by atoms with Crippen LogP contribution in [-0.4, -0.2) is 18.2 Å². The van der Waals surface area contributed by atoms with Gasteiger partial charge in [0.05, 0.1) is 0 Å². The fourth-order valence-electron chi connectivity index (χ4n) is 2.32. The molecule has 0 amide bonds. The Bertz CT molecular complexity index is 386. The Morgan fingerprint density at radius 3 is 2.87 bits per heavy atom. The molecule has 1 aliphatic carbocycles. The van der Waals surface area contributed by atoms with E-state index in [0.29, 0.717) is 6.42 Å². The molecule has 1 atom stereocenters. The summed E-state index contributed by atoms with van der Waals surface area (Å²) in [5, 5.41) is 9.31. The minimum absolute atomic E-state index is 0.551. The van der Waals surface area contributed by atoms with Gasteiger partial charge < -0.3 is 9.84 Å². The number of ether oxygens (including phenoxy) is 1. The minimum atomic E-state index is -1.13. The van der Waals surface area contributed by atoms with E-state index in [4.69, 9.17) is 4.74 Å². The van der Waals surface area contributed by atoms with Gasteiger partial charge in [0.1, 0.15) is 0 Å². The maximum Gasteiger partial charge on any atom is 0.340 e. The van der Waals surface area contributed by atoms with Gasteiger partial charge in [0.25, 0.3) is 0 Å². The van der Waals surface area contributed by atoms with E-state index in [2.05, 4.69) is 0 Å². The van der Waals surface area contributed by atoms with Crippen LogP contribution in [0.1, 0.15) is 24.0 Å². The van der Waals surface area contributed by atoms with Gasteiger partial charge in [-0.15, -0.1) is 0 Å². The number of carboxylic acids is 1. The lowest BCUT2D eigenvalue weighted by Gasteiger charge is -2.33. The third-order valence-corrected chi connectivity index (χ3v) is 3.12. The average molecular weight is 206 g/mol. The van der Waals surface area contributed by atoms with Crippen molar-refractivity contribution in [3.8, 4) is 0 Å². The molecule has 15 heavy (non-hydrogen) atoms. The Morgan fingerprint density at radius 2 is 2.20 bits per heavy atom. The maximum absolute atomic E-state index is 11.3. The van der Waals surface area contributed by atoms with Crippen LogP contribution >= 0.6 is 0 Å². The summed E-state index contributed by atoms with van der Waals surface area (Å²) in [7, 11) is 1.47. The Labute approximate surface area is 88.7 Å². The van der Waals surface area contributed by atoms with Gasteiger partial charge >= 0.3 is 5.97 Å². The second kappa shape index (κ2) is 3.66. The van der Waals surface area contributed by atoms with Crippen molar-refractivity contribution in [2.24, 2.45) is 0 Å². The first-order valence-corrected chi connectivity index (χ1v) is 5.07. The predicted octanol–water partition coefficient (Wildman–Crippen LogP) is 1.95. The molecule has 80 valence electrons. The van der Waals surface area contributed by atoms with Gasteiger partial charge in [0, 0.05) is 7.11 Å². The van der Waals surface area contributed by atoms with Crippen LogP contribution in [0, 0.1) is 0 Å². The third kappa shape index (κ3) is 1.43. The van der Waals surface area contributed by atoms with Gasteiger partial charge in [-0.1, -0.05) is 24.3 Å². The molecule has 2 rings (SSSR count). The Hall–Kier alpha value is -1.35. The molecule has 1 aromatic carbocycles. The van der Waals surface area contributed by atoms with E-state index in [1.165, 1.54) is 7.11 Å². The van der Waals surface area contributed by atoms with Crippen LogP contribution in [0.15, 0.2) is 24.3 Å². The normalized spacial score (nSPS) is 24.6. The molecule has 0 heterocycles. The van der Waals surface area contributed by atoms with Crippen LogP contribution in [0.5, 0.6) is 0 Å². The summed E-state index contributed by atoms with van der Waals surface area (Å²) in [5.74, 6) is -0.892. The lowest BCUT2D eigenvalue weighted by molar-refractivity contribution is -0.165. The van der Waals surface area contributed by atoms with E-state index in [1.807, 2.05) is 24.3 Å². The minimum Gasteiger partial charge on any atom is -0.479 e. The van der Waals surface area contributed by atoms with E-state index >= 15 is 0 Å². The van der Waals surface area contributed by atoms with Crippen LogP contribution in [0.25, 0.3) is 0 Å². The number of hydrogen-bond donors (Lipinski definition) is 1. The van der Waals surface area contributed by atoms with E-state index in [9.17, 15) is 9.90 Å².